The molecule has 1 aliphatic rings. The summed E-state index contributed by atoms with van der Waals surface area (Å²) < 4.78 is 40.6. The molecule has 0 unspecified atom stereocenters. The van der Waals surface area contributed by atoms with Crippen molar-refractivity contribution in [3.8, 4) is 0 Å². The van der Waals surface area contributed by atoms with Crippen LogP contribution in [0, 0.1) is 12.7 Å². The van der Waals surface area contributed by atoms with E-state index in [1.54, 1.807) is 18.2 Å². The van der Waals surface area contributed by atoms with Crippen molar-refractivity contribution in [2.24, 2.45) is 0 Å². The molecule has 2 N–H and O–H groups in total. The van der Waals surface area contributed by atoms with Crippen molar-refractivity contribution in [1.82, 2.24) is 4.72 Å². The summed E-state index contributed by atoms with van der Waals surface area (Å²) in [6, 6.07) is 8.25. The SMILES string of the molecule is Cc1ccc2ccc(N3C=C(O)NS3(=O)=O)c(F)c2c1. The molecule has 5 nitrogen and oxygen atoms in total. The van der Waals surface area contributed by atoms with Gasteiger partial charge in [-0.2, -0.15) is 8.42 Å². The van der Waals surface area contributed by atoms with Crippen molar-refractivity contribution in [1.29, 1.82) is 0 Å². The van der Waals surface area contributed by atoms with Crippen LogP contribution in [0.2, 0.25) is 0 Å². The second-order valence-corrected chi connectivity index (χ2v) is 6.09. The van der Waals surface area contributed by atoms with Gasteiger partial charge in [-0.3, -0.25) is 0 Å². The average molecular weight is 294 g/mol. The smallest absolute Gasteiger partial charge is 0.330 e. The highest BCUT2D eigenvalue weighted by molar-refractivity contribution is 7.91. The molecule has 0 bridgehead atoms. The van der Waals surface area contributed by atoms with Crippen molar-refractivity contribution in [2.75, 3.05) is 4.31 Å². The normalized spacial score (nSPS) is 17.1. The summed E-state index contributed by atoms with van der Waals surface area (Å²) in [5.41, 5.74) is 0.731. The molecule has 0 atom stereocenters. The lowest BCUT2D eigenvalue weighted by Gasteiger charge is -2.16. The van der Waals surface area contributed by atoms with Crippen molar-refractivity contribution in [3.63, 3.8) is 0 Å². The zero-order chi connectivity index (χ0) is 14.5. The van der Waals surface area contributed by atoms with Gasteiger partial charge in [-0.1, -0.05) is 23.8 Å². The van der Waals surface area contributed by atoms with Crippen LogP contribution in [0.15, 0.2) is 42.4 Å². The number of nitrogens with zero attached hydrogens (tertiary/aromatic N) is 1. The van der Waals surface area contributed by atoms with Gasteiger partial charge in [-0.05, 0) is 24.4 Å². The maximum Gasteiger partial charge on any atom is 0.330 e. The Hall–Kier alpha value is -2.28. The Morgan fingerprint density at radius 2 is 1.95 bits per heavy atom. The number of hydrogen-bond acceptors (Lipinski definition) is 3. The Bertz CT molecular complexity index is 846. The van der Waals surface area contributed by atoms with Crippen molar-refractivity contribution in [3.05, 3.63) is 53.8 Å². The molecular formula is C13H11FN2O3S. The number of benzene rings is 2. The highest BCUT2D eigenvalue weighted by Gasteiger charge is 2.31. The molecule has 0 saturated heterocycles. The van der Waals surface area contributed by atoms with Crippen LogP contribution in [0.4, 0.5) is 10.1 Å². The van der Waals surface area contributed by atoms with Crippen LogP contribution < -0.4 is 9.03 Å². The molecule has 0 saturated carbocycles. The number of hydrogen-bond donors (Lipinski definition) is 2. The lowest BCUT2D eigenvalue weighted by atomic mass is 10.1. The van der Waals surface area contributed by atoms with Crippen LogP contribution in [0.25, 0.3) is 10.8 Å². The van der Waals surface area contributed by atoms with E-state index < -0.39 is 21.9 Å². The third-order valence-corrected chi connectivity index (χ3v) is 4.35. The standard InChI is InChI=1S/C13H11FN2O3S/c1-8-2-3-9-4-5-11(13(14)10(9)6-8)16-7-12(17)15-20(16,18)19/h2-7,15,17H,1H3. The Labute approximate surface area is 115 Å². The zero-order valence-electron chi connectivity index (χ0n) is 10.5. The maximum atomic E-state index is 14.5. The number of fused-ring (bicyclic) bond motifs is 1. The number of halogens is 1. The van der Waals surface area contributed by atoms with Crippen LogP contribution in [0.5, 0.6) is 0 Å². The minimum atomic E-state index is -3.99. The molecule has 2 aromatic rings. The first-order valence-electron chi connectivity index (χ1n) is 5.80. The molecule has 7 heteroatoms. The summed E-state index contributed by atoms with van der Waals surface area (Å²) in [5.74, 6) is -1.20. The summed E-state index contributed by atoms with van der Waals surface area (Å²) >= 11 is 0. The van der Waals surface area contributed by atoms with E-state index in [1.165, 1.54) is 6.07 Å². The van der Waals surface area contributed by atoms with E-state index in [0.29, 0.717) is 15.1 Å². The molecule has 104 valence electrons. The quantitative estimate of drug-likeness (QED) is 0.848. The van der Waals surface area contributed by atoms with Crippen molar-refractivity contribution >= 4 is 26.7 Å². The Morgan fingerprint density at radius 1 is 1.25 bits per heavy atom. The van der Waals surface area contributed by atoms with Crippen LogP contribution in [-0.4, -0.2) is 13.5 Å². The van der Waals surface area contributed by atoms with Crippen LogP contribution in [0.1, 0.15) is 5.56 Å². The first kappa shape index (κ1) is 12.7. The van der Waals surface area contributed by atoms with Crippen LogP contribution in [-0.2, 0) is 10.2 Å². The van der Waals surface area contributed by atoms with E-state index in [2.05, 4.69) is 0 Å². The van der Waals surface area contributed by atoms with Crippen LogP contribution >= 0.6 is 0 Å². The highest BCUT2D eigenvalue weighted by Crippen LogP contribution is 2.31. The predicted octanol–water partition coefficient (Wildman–Crippen LogP) is 2.30. The number of aliphatic hydroxyl groups excluding tert-OH is 1. The molecule has 0 amide bonds. The molecular weight excluding hydrogens is 283 g/mol. The van der Waals surface area contributed by atoms with Gasteiger partial charge in [0.25, 0.3) is 0 Å². The molecule has 0 spiro atoms. The van der Waals surface area contributed by atoms with Gasteiger partial charge in [-0.15, -0.1) is 0 Å². The molecule has 0 aliphatic carbocycles. The first-order valence-corrected chi connectivity index (χ1v) is 7.24. The molecule has 0 radical (unpaired) electrons. The van der Waals surface area contributed by atoms with Gasteiger partial charge in [0.15, 0.2) is 5.82 Å². The Kier molecular flexibility index (Phi) is 2.62. The van der Waals surface area contributed by atoms with Gasteiger partial charge >= 0.3 is 10.2 Å². The summed E-state index contributed by atoms with van der Waals surface area (Å²) in [7, 11) is -3.99. The van der Waals surface area contributed by atoms with Gasteiger partial charge in [0.05, 0.1) is 11.9 Å². The number of aliphatic hydroxyl groups is 1. The summed E-state index contributed by atoms with van der Waals surface area (Å²) in [5, 5.41) is 10.3. The van der Waals surface area contributed by atoms with Crippen molar-refractivity contribution < 1.29 is 17.9 Å². The molecule has 0 aromatic heterocycles. The van der Waals surface area contributed by atoms with E-state index in [9.17, 15) is 17.9 Å². The van der Waals surface area contributed by atoms with E-state index in [0.717, 1.165) is 11.8 Å². The third kappa shape index (κ3) is 1.87. The van der Waals surface area contributed by atoms with Gasteiger partial charge in [-0.25, -0.2) is 13.4 Å². The molecule has 20 heavy (non-hydrogen) atoms. The van der Waals surface area contributed by atoms with Crippen molar-refractivity contribution in [2.45, 2.75) is 6.92 Å². The van der Waals surface area contributed by atoms with Gasteiger partial charge in [0, 0.05) is 5.39 Å². The third-order valence-electron chi connectivity index (χ3n) is 3.06. The fourth-order valence-electron chi connectivity index (χ4n) is 2.14. The molecule has 3 rings (SSSR count). The number of aryl methyl sites for hydroxylation is 1. The largest absolute Gasteiger partial charge is 0.493 e. The minimum Gasteiger partial charge on any atom is -0.493 e. The Balaban J connectivity index is 2.25. The number of anilines is 1. The summed E-state index contributed by atoms with van der Waals surface area (Å²) in [6.07, 6.45) is 0.926. The van der Waals surface area contributed by atoms with E-state index in [4.69, 9.17) is 0 Å². The fraction of sp³-hybridized carbons (Fsp3) is 0.0769. The second kappa shape index (κ2) is 4.11. The Morgan fingerprint density at radius 3 is 2.60 bits per heavy atom. The van der Waals surface area contributed by atoms with E-state index in [1.807, 2.05) is 17.7 Å². The van der Waals surface area contributed by atoms with Gasteiger partial charge < -0.3 is 5.11 Å². The molecule has 1 heterocycles. The summed E-state index contributed by atoms with van der Waals surface area (Å²) in [6.45, 7) is 1.82. The lowest BCUT2D eigenvalue weighted by Crippen LogP contribution is -2.30. The minimum absolute atomic E-state index is 0.139. The lowest BCUT2D eigenvalue weighted by molar-refractivity contribution is 0.392. The fourth-order valence-corrected chi connectivity index (χ4v) is 3.20. The van der Waals surface area contributed by atoms with Gasteiger partial charge in [0.1, 0.15) is 0 Å². The highest BCUT2D eigenvalue weighted by atomic mass is 32.2. The van der Waals surface area contributed by atoms with E-state index >= 15 is 0 Å². The second-order valence-electron chi connectivity index (χ2n) is 4.54. The number of rotatable bonds is 1. The monoisotopic (exact) mass is 294 g/mol. The number of nitrogens with one attached hydrogen (secondary N) is 1. The first-order chi connectivity index (χ1) is 9.38. The predicted molar refractivity (Wildman–Crippen MR) is 73.9 cm³/mol. The molecule has 1 aliphatic heterocycles. The molecule has 0 fully saturated rings. The maximum absolute atomic E-state index is 14.5. The van der Waals surface area contributed by atoms with Crippen LogP contribution in [0.3, 0.4) is 0 Å². The molecule has 2 aromatic carbocycles. The average Bonchev–Trinajstić information content (AvgIpc) is 2.64. The zero-order valence-corrected chi connectivity index (χ0v) is 11.3. The van der Waals surface area contributed by atoms with Gasteiger partial charge in [0.2, 0.25) is 5.88 Å². The topological polar surface area (TPSA) is 69.6 Å². The van der Waals surface area contributed by atoms with E-state index in [-0.39, 0.29) is 5.69 Å². The summed E-state index contributed by atoms with van der Waals surface area (Å²) in [4.78, 5) is 0.